The lowest BCUT2D eigenvalue weighted by Crippen LogP contribution is -2.32. The maximum Gasteiger partial charge on any atom is 0.150 e. The summed E-state index contributed by atoms with van der Waals surface area (Å²) in [5, 5.41) is 0. The molecule has 0 aromatic carbocycles. The van der Waals surface area contributed by atoms with Gasteiger partial charge in [0.25, 0.3) is 0 Å². The number of carbonyl (C=O) groups excluding carboxylic acids is 1. The van der Waals surface area contributed by atoms with Gasteiger partial charge in [0, 0.05) is 19.6 Å². The van der Waals surface area contributed by atoms with Crippen molar-refractivity contribution in [1.29, 1.82) is 0 Å². The average Bonchev–Trinajstić information content (AvgIpc) is 2.19. The van der Waals surface area contributed by atoms with Crippen LogP contribution in [0.1, 0.15) is 25.7 Å². The Kier molecular flexibility index (Phi) is 4.84. The third-order valence-corrected chi connectivity index (χ3v) is 2.66. The van der Waals surface area contributed by atoms with Crippen molar-refractivity contribution < 1.29 is 9.53 Å². The number of rotatable bonds is 5. The number of Topliss-reactive ketones (excluding diaryl/α,β-unsaturated/α-hetero) is 1. The molecule has 1 unspecified atom stereocenters. The van der Waals surface area contributed by atoms with Gasteiger partial charge in [-0.3, -0.25) is 4.79 Å². The number of nitrogens with two attached hydrogens (primary N) is 1. The van der Waals surface area contributed by atoms with E-state index in [1.54, 1.807) is 6.08 Å². The molecule has 80 valence electrons. The maximum atomic E-state index is 11.6. The minimum Gasteiger partial charge on any atom is -0.381 e. The zero-order valence-corrected chi connectivity index (χ0v) is 8.58. The summed E-state index contributed by atoms with van der Waals surface area (Å²) in [6.45, 7) is 5.15. The first-order valence-electron chi connectivity index (χ1n) is 5.21. The Labute approximate surface area is 85.3 Å². The summed E-state index contributed by atoms with van der Waals surface area (Å²) < 4.78 is 5.23. The molecular formula is C11H19NO2. The minimum atomic E-state index is -0.352. The standard InChI is InChI=1S/C11H19NO2/c1-2-3-10(12)11(13)8-9-4-6-14-7-5-9/h2,9-10H,1,3-8,12H2. The molecule has 0 radical (unpaired) electrons. The highest BCUT2D eigenvalue weighted by Crippen LogP contribution is 2.19. The van der Waals surface area contributed by atoms with Gasteiger partial charge in [0.2, 0.25) is 0 Å². The Morgan fingerprint density at radius 2 is 2.21 bits per heavy atom. The van der Waals surface area contributed by atoms with Crippen LogP contribution in [-0.2, 0) is 9.53 Å². The van der Waals surface area contributed by atoms with Crippen molar-refractivity contribution >= 4 is 5.78 Å². The Morgan fingerprint density at radius 3 is 2.79 bits per heavy atom. The fraction of sp³-hybridized carbons (Fsp3) is 0.727. The molecule has 3 nitrogen and oxygen atoms in total. The zero-order valence-electron chi connectivity index (χ0n) is 8.58. The highest BCUT2D eigenvalue weighted by molar-refractivity contribution is 5.84. The second-order valence-electron chi connectivity index (χ2n) is 3.86. The highest BCUT2D eigenvalue weighted by atomic mass is 16.5. The fourth-order valence-electron chi connectivity index (χ4n) is 1.70. The van der Waals surface area contributed by atoms with E-state index in [1.165, 1.54) is 0 Å². The molecule has 14 heavy (non-hydrogen) atoms. The monoisotopic (exact) mass is 197 g/mol. The van der Waals surface area contributed by atoms with Gasteiger partial charge in [-0.25, -0.2) is 0 Å². The van der Waals surface area contributed by atoms with E-state index in [0.717, 1.165) is 26.1 Å². The summed E-state index contributed by atoms with van der Waals surface area (Å²) in [7, 11) is 0. The minimum absolute atomic E-state index is 0.164. The lowest BCUT2D eigenvalue weighted by molar-refractivity contribution is -0.121. The Hall–Kier alpha value is -0.670. The molecule has 0 aliphatic carbocycles. The predicted octanol–water partition coefficient (Wildman–Crippen LogP) is 1.28. The van der Waals surface area contributed by atoms with Crippen molar-refractivity contribution in [2.45, 2.75) is 31.7 Å². The SMILES string of the molecule is C=CCC(N)C(=O)CC1CCOCC1. The van der Waals surface area contributed by atoms with Gasteiger partial charge in [-0.05, 0) is 25.2 Å². The number of ether oxygens (including phenoxy) is 1. The molecule has 1 fully saturated rings. The number of hydrogen-bond acceptors (Lipinski definition) is 3. The van der Waals surface area contributed by atoms with Crippen molar-refractivity contribution in [1.82, 2.24) is 0 Å². The van der Waals surface area contributed by atoms with Gasteiger partial charge in [0.1, 0.15) is 5.78 Å². The smallest absolute Gasteiger partial charge is 0.150 e. The van der Waals surface area contributed by atoms with Crippen LogP contribution in [0.4, 0.5) is 0 Å². The summed E-state index contributed by atoms with van der Waals surface area (Å²) in [4.78, 5) is 11.6. The van der Waals surface area contributed by atoms with E-state index in [0.29, 0.717) is 18.8 Å². The van der Waals surface area contributed by atoms with Crippen LogP contribution < -0.4 is 5.73 Å². The molecule has 0 aromatic rings. The molecule has 2 N–H and O–H groups in total. The molecule has 0 spiro atoms. The normalized spacial score (nSPS) is 20.4. The average molecular weight is 197 g/mol. The van der Waals surface area contributed by atoms with E-state index in [2.05, 4.69) is 6.58 Å². The first-order valence-corrected chi connectivity index (χ1v) is 5.21. The largest absolute Gasteiger partial charge is 0.381 e. The summed E-state index contributed by atoms with van der Waals surface area (Å²) in [6, 6.07) is -0.352. The van der Waals surface area contributed by atoms with E-state index in [4.69, 9.17) is 10.5 Å². The molecule has 1 rings (SSSR count). The fourth-order valence-corrected chi connectivity index (χ4v) is 1.70. The van der Waals surface area contributed by atoms with Crippen molar-refractivity contribution in [2.24, 2.45) is 11.7 Å². The van der Waals surface area contributed by atoms with Crippen molar-refractivity contribution in [3.8, 4) is 0 Å². The molecule has 3 heteroatoms. The van der Waals surface area contributed by atoms with Crippen molar-refractivity contribution in [2.75, 3.05) is 13.2 Å². The zero-order chi connectivity index (χ0) is 10.4. The lowest BCUT2D eigenvalue weighted by atomic mass is 9.91. The van der Waals surface area contributed by atoms with Gasteiger partial charge in [0.15, 0.2) is 0 Å². The van der Waals surface area contributed by atoms with Crippen LogP contribution in [0.3, 0.4) is 0 Å². The third kappa shape index (κ3) is 3.60. The van der Waals surface area contributed by atoms with Gasteiger partial charge in [-0.2, -0.15) is 0 Å². The van der Waals surface area contributed by atoms with Gasteiger partial charge in [0.05, 0.1) is 6.04 Å². The lowest BCUT2D eigenvalue weighted by Gasteiger charge is -2.22. The van der Waals surface area contributed by atoms with Crippen molar-refractivity contribution in [3.63, 3.8) is 0 Å². The molecule has 1 aliphatic rings. The molecule has 1 atom stereocenters. The van der Waals surface area contributed by atoms with Crippen LogP contribution >= 0.6 is 0 Å². The van der Waals surface area contributed by atoms with Crippen LogP contribution in [0.2, 0.25) is 0 Å². The molecule has 1 aliphatic heterocycles. The second kappa shape index (κ2) is 5.94. The number of hydrogen-bond donors (Lipinski definition) is 1. The highest BCUT2D eigenvalue weighted by Gasteiger charge is 2.20. The van der Waals surface area contributed by atoms with Gasteiger partial charge >= 0.3 is 0 Å². The molecule has 0 amide bonds. The molecule has 1 saturated heterocycles. The topological polar surface area (TPSA) is 52.3 Å². The molecule has 1 heterocycles. The molecule has 0 saturated carbocycles. The van der Waals surface area contributed by atoms with Crippen molar-refractivity contribution in [3.05, 3.63) is 12.7 Å². The Balaban J connectivity index is 2.27. The predicted molar refractivity (Wildman–Crippen MR) is 56.0 cm³/mol. The van der Waals surface area contributed by atoms with Gasteiger partial charge in [-0.1, -0.05) is 6.08 Å². The number of ketones is 1. The van der Waals surface area contributed by atoms with E-state index in [-0.39, 0.29) is 11.8 Å². The van der Waals surface area contributed by atoms with Crippen LogP contribution in [0.25, 0.3) is 0 Å². The second-order valence-corrected chi connectivity index (χ2v) is 3.86. The summed E-state index contributed by atoms with van der Waals surface area (Å²) >= 11 is 0. The quantitative estimate of drug-likeness (QED) is 0.675. The Bertz CT molecular complexity index is 197. The van der Waals surface area contributed by atoms with Crippen LogP contribution in [-0.4, -0.2) is 25.0 Å². The molecule has 0 bridgehead atoms. The van der Waals surface area contributed by atoms with E-state index < -0.39 is 0 Å². The van der Waals surface area contributed by atoms with E-state index >= 15 is 0 Å². The number of carbonyl (C=O) groups is 1. The van der Waals surface area contributed by atoms with Gasteiger partial charge in [-0.15, -0.1) is 6.58 Å². The van der Waals surface area contributed by atoms with E-state index in [1.807, 2.05) is 0 Å². The van der Waals surface area contributed by atoms with Crippen LogP contribution in [0.15, 0.2) is 12.7 Å². The van der Waals surface area contributed by atoms with E-state index in [9.17, 15) is 4.79 Å². The molecule has 0 aromatic heterocycles. The van der Waals surface area contributed by atoms with Crippen LogP contribution in [0.5, 0.6) is 0 Å². The molecular weight excluding hydrogens is 178 g/mol. The summed E-state index contributed by atoms with van der Waals surface area (Å²) in [6.07, 6.45) is 4.88. The summed E-state index contributed by atoms with van der Waals surface area (Å²) in [5.74, 6) is 0.643. The van der Waals surface area contributed by atoms with Crippen LogP contribution in [0, 0.1) is 5.92 Å². The van der Waals surface area contributed by atoms with Gasteiger partial charge < -0.3 is 10.5 Å². The summed E-state index contributed by atoms with van der Waals surface area (Å²) in [5.41, 5.74) is 5.69. The third-order valence-electron chi connectivity index (χ3n) is 2.66. The Morgan fingerprint density at radius 1 is 1.57 bits per heavy atom. The first kappa shape index (κ1) is 11.4. The first-order chi connectivity index (χ1) is 6.74. The maximum absolute atomic E-state index is 11.6.